The molecule has 0 heterocycles. The van der Waals surface area contributed by atoms with Crippen molar-refractivity contribution in [3.8, 4) is 5.75 Å². The zero-order valence-corrected chi connectivity index (χ0v) is 13.3. The van der Waals surface area contributed by atoms with Gasteiger partial charge in [-0.2, -0.15) is 0 Å². The number of hydrogen-bond donors (Lipinski definition) is 2. The van der Waals surface area contributed by atoms with E-state index in [4.69, 9.17) is 4.74 Å². The number of rotatable bonds is 5. The second-order valence-corrected chi connectivity index (χ2v) is 5.29. The van der Waals surface area contributed by atoms with Gasteiger partial charge in [-0.05, 0) is 42.7 Å². The van der Waals surface area contributed by atoms with Crippen molar-refractivity contribution in [2.24, 2.45) is 0 Å². The second kappa shape index (κ2) is 7.98. The molecule has 0 aliphatic rings. The molecule has 0 saturated carbocycles. The van der Waals surface area contributed by atoms with Gasteiger partial charge < -0.3 is 4.74 Å². The van der Waals surface area contributed by atoms with Gasteiger partial charge in [0.1, 0.15) is 5.75 Å². The smallest absolute Gasteiger partial charge is 0.276 e. The Bertz CT molecular complexity index is 684. The maximum Gasteiger partial charge on any atom is 0.276 e. The van der Waals surface area contributed by atoms with Gasteiger partial charge in [0.15, 0.2) is 6.61 Å². The van der Waals surface area contributed by atoms with Crippen LogP contribution in [-0.2, 0) is 16.0 Å². The topological polar surface area (TPSA) is 67.4 Å². The molecule has 0 bridgehead atoms. The summed E-state index contributed by atoms with van der Waals surface area (Å²) in [7, 11) is 0. The number of hydrazine groups is 1. The maximum atomic E-state index is 11.7. The minimum absolute atomic E-state index is 0.159. The summed E-state index contributed by atoms with van der Waals surface area (Å²) in [5.41, 5.74) is 7.84. The molecule has 0 aliphatic heterocycles. The number of benzene rings is 2. The van der Waals surface area contributed by atoms with Gasteiger partial charge in [-0.25, -0.2) is 0 Å². The van der Waals surface area contributed by atoms with E-state index in [-0.39, 0.29) is 18.9 Å². The molecule has 2 N–H and O–H groups in total. The molecule has 0 aromatic heterocycles. The van der Waals surface area contributed by atoms with E-state index in [2.05, 4.69) is 10.9 Å². The SMILES string of the molecule is Cc1ccc(OCC(=O)NNC(=O)Cc2ccccc2)cc1C. The van der Waals surface area contributed by atoms with E-state index in [0.717, 1.165) is 16.7 Å². The first-order valence-electron chi connectivity index (χ1n) is 7.36. The van der Waals surface area contributed by atoms with Crippen molar-refractivity contribution in [1.29, 1.82) is 0 Å². The first kappa shape index (κ1) is 16.5. The van der Waals surface area contributed by atoms with Crippen LogP contribution in [0, 0.1) is 13.8 Å². The number of amides is 2. The van der Waals surface area contributed by atoms with Crippen LogP contribution in [0.3, 0.4) is 0 Å². The quantitative estimate of drug-likeness (QED) is 0.831. The lowest BCUT2D eigenvalue weighted by molar-refractivity contribution is -0.129. The summed E-state index contributed by atoms with van der Waals surface area (Å²) in [6.45, 7) is 3.83. The predicted octanol–water partition coefficient (Wildman–Crippen LogP) is 2.07. The van der Waals surface area contributed by atoms with Crippen LogP contribution >= 0.6 is 0 Å². The Morgan fingerprint density at radius 2 is 1.61 bits per heavy atom. The molecule has 2 aromatic rings. The molecular formula is C18H20N2O3. The Kier molecular flexibility index (Phi) is 5.74. The van der Waals surface area contributed by atoms with Crippen molar-refractivity contribution in [3.63, 3.8) is 0 Å². The molecule has 120 valence electrons. The molecule has 5 nitrogen and oxygen atoms in total. The standard InChI is InChI=1S/C18H20N2O3/c1-13-8-9-16(10-14(13)2)23-12-18(22)20-19-17(21)11-15-6-4-3-5-7-15/h3-10H,11-12H2,1-2H3,(H,19,21)(H,20,22). The van der Waals surface area contributed by atoms with E-state index in [9.17, 15) is 9.59 Å². The van der Waals surface area contributed by atoms with Gasteiger partial charge >= 0.3 is 0 Å². The molecule has 0 radical (unpaired) electrons. The van der Waals surface area contributed by atoms with Gasteiger partial charge in [0.2, 0.25) is 5.91 Å². The largest absolute Gasteiger partial charge is 0.484 e. The highest BCUT2D eigenvalue weighted by atomic mass is 16.5. The molecule has 2 aromatic carbocycles. The Hall–Kier alpha value is -2.82. The van der Waals surface area contributed by atoms with Crippen molar-refractivity contribution in [1.82, 2.24) is 10.9 Å². The third kappa shape index (κ3) is 5.47. The van der Waals surface area contributed by atoms with Crippen LogP contribution in [0.1, 0.15) is 16.7 Å². The van der Waals surface area contributed by atoms with E-state index in [1.165, 1.54) is 0 Å². The van der Waals surface area contributed by atoms with E-state index >= 15 is 0 Å². The van der Waals surface area contributed by atoms with E-state index in [0.29, 0.717) is 5.75 Å². The van der Waals surface area contributed by atoms with E-state index < -0.39 is 5.91 Å². The molecule has 0 unspecified atom stereocenters. The van der Waals surface area contributed by atoms with Crippen molar-refractivity contribution in [2.45, 2.75) is 20.3 Å². The Balaban J connectivity index is 1.72. The Morgan fingerprint density at radius 3 is 2.30 bits per heavy atom. The lowest BCUT2D eigenvalue weighted by atomic mass is 10.1. The van der Waals surface area contributed by atoms with Crippen LogP contribution in [0.15, 0.2) is 48.5 Å². The summed E-state index contributed by atoms with van der Waals surface area (Å²) < 4.78 is 5.39. The van der Waals surface area contributed by atoms with Crippen LogP contribution in [-0.4, -0.2) is 18.4 Å². The molecule has 2 amide bonds. The summed E-state index contributed by atoms with van der Waals surface area (Å²) in [6, 6.07) is 14.9. The fourth-order valence-electron chi connectivity index (χ4n) is 1.95. The Morgan fingerprint density at radius 1 is 0.913 bits per heavy atom. The van der Waals surface area contributed by atoms with Crippen LogP contribution in [0.2, 0.25) is 0 Å². The number of aryl methyl sites for hydroxylation is 2. The maximum absolute atomic E-state index is 11.7. The lowest BCUT2D eigenvalue weighted by Crippen LogP contribution is -2.44. The third-order valence-electron chi connectivity index (χ3n) is 3.40. The molecular weight excluding hydrogens is 292 g/mol. The van der Waals surface area contributed by atoms with Crippen molar-refractivity contribution in [2.75, 3.05) is 6.61 Å². The van der Waals surface area contributed by atoms with E-state index in [1.807, 2.05) is 62.4 Å². The number of nitrogens with one attached hydrogen (secondary N) is 2. The molecule has 23 heavy (non-hydrogen) atoms. The lowest BCUT2D eigenvalue weighted by Gasteiger charge is -2.10. The molecule has 5 heteroatoms. The number of ether oxygens (including phenoxy) is 1. The van der Waals surface area contributed by atoms with Gasteiger partial charge in [-0.1, -0.05) is 36.4 Å². The summed E-state index contributed by atoms with van der Waals surface area (Å²) in [5, 5.41) is 0. The van der Waals surface area contributed by atoms with Crippen LogP contribution in [0.25, 0.3) is 0 Å². The van der Waals surface area contributed by atoms with Crippen molar-refractivity contribution >= 4 is 11.8 Å². The van der Waals surface area contributed by atoms with Gasteiger partial charge in [0, 0.05) is 0 Å². The summed E-state index contributed by atoms with van der Waals surface area (Å²) in [6.07, 6.45) is 0.207. The van der Waals surface area contributed by atoms with Crippen LogP contribution in [0.4, 0.5) is 0 Å². The molecule has 0 atom stereocenters. The minimum atomic E-state index is -0.412. The molecule has 0 spiro atoms. The summed E-state index contributed by atoms with van der Waals surface area (Å²) in [4.78, 5) is 23.4. The number of carbonyl (C=O) groups is 2. The first-order valence-corrected chi connectivity index (χ1v) is 7.36. The highest BCUT2D eigenvalue weighted by Gasteiger charge is 2.07. The molecule has 0 saturated heterocycles. The van der Waals surface area contributed by atoms with Gasteiger partial charge in [-0.3, -0.25) is 20.4 Å². The van der Waals surface area contributed by atoms with Gasteiger partial charge in [0.05, 0.1) is 6.42 Å². The van der Waals surface area contributed by atoms with Crippen molar-refractivity contribution < 1.29 is 14.3 Å². The highest BCUT2D eigenvalue weighted by molar-refractivity contribution is 5.83. The third-order valence-corrected chi connectivity index (χ3v) is 3.40. The number of carbonyl (C=O) groups excluding carboxylic acids is 2. The fraction of sp³-hybridized carbons (Fsp3) is 0.222. The van der Waals surface area contributed by atoms with Crippen LogP contribution < -0.4 is 15.6 Å². The molecule has 0 aliphatic carbocycles. The predicted molar refractivity (Wildman–Crippen MR) is 87.8 cm³/mol. The molecule has 2 rings (SSSR count). The zero-order valence-electron chi connectivity index (χ0n) is 13.3. The minimum Gasteiger partial charge on any atom is -0.484 e. The number of hydrogen-bond acceptors (Lipinski definition) is 3. The van der Waals surface area contributed by atoms with Crippen LogP contribution in [0.5, 0.6) is 5.75 Å². The average molecular weight is 312 g/mol. The second-order valence-electron chi connectivity index (χ2n) is 5.29. The van der Waals surface area contributed by atoms with Gasteiger partial charge in [0.25, 0.3) is 5.91 Å². The zero-order chi connectivity index (χ0) is 16.7. The average Bonchev–Trinajstić information content (AvgIpc) is 2.55. The van der Waals surface area contributed by atoms with Gasteiger partial charge in [-0.15, -0.1) is 0 Å². The first-order chi connectivity index (χ1) is 11.0. The molecule has 0 fully saturated rings. The van der Waals surface area contributed by atoms with E-state index in [1.54, 1.807) is 0 Å². The summed E-state index contributed by atoms with van der Waals surface area (Å²) in [5.74, 6) is -0.0702. The highest BCUT2D eigenvalue weighted by Crippen LogP contribution is 2.16. The normalized spacial score (nSPS) is 10.0. The Labute approximate surface area is 135 Å². The monoisotopic (exact) mass is 312 g/mol. The van der Waals surface area contributed by atoms with Crippen molar-refractivity contribution in [3.05, 3.63) is 65.2 Å². The summed E-state index contributed by atoms with van der Waals surface area (Å²) >= 11 is 0. The fourth-order valence-corrected chi connectivity index (χ4v) is 1.95.